The highest BCUT2D eigenvalue weighted by molar-refractivity contribution is 9.09. The Labute approximate surface area is 83.4 Å². The summed E-state index contributed by atoms with van der Waals surface area (Å²) in [5, 5.41) is 1.10. The molecule has 1 heterocycles. The topological polar surface area (TPSA) is 12.5 Å². The number of rotatable bonds is 3. The van der Waals surface area contributed by atoms with Gasteiger partial charge in [-0.3, -0.25) is 4.90 Å². The molecule has 0 radical (unpaired) electrons. The quantitative estimate of drug-likeness (QED) is 0.694. The lowest BCUT2D eigenvalue weighted by Gasteiger charge is -2.38. The summed E-state index contributed by atoms with van der Waals surface area (Å²) < 4.78 is 5.62. The number of alkyl halides is 1. The van der Waals surface area contributed by atoms with E-state index in [2.05, 4.69) is 34.7 Å². The van der Waals surface area contributed by atoms with E-state index in [1.807, 2.05) is 0 Å². The van der Waals surface area contributed by atoms with Gasteiger partial charge in [0.05, 0.1) is 12.2 Å². The van der Waals surface area contributed by atoms with Gasteiger partial charge in [0.25, 0.3) is 0 Å². The van der Waals surface area contributed by atoms with Crippen molar-refractivity contribution in [2.45, 2.75) is 25.9 Å². The van der Waals surface area contributed by atoms with E-state index in [9.17, 15) is 0 Å². The molecule has 2 nitrogen and oxygen atoms in total. The van der Waals surface area contributed by atoms with Gasteiger partial charge in [-0.05, 0) is 26.8 Å². The number of nitrogens with zero attached hydrogens (tertiary/aromatic N) is 1. The summed E-state index contributed by atoms with van der Waals surface area (Å²) in [5.74, 6) is 0. The van der Waals surface area contributed by atoms with Crippen LogP contribution >= 0.6 is 15.9 Å². The van der Waals surface area contributed by atoms with Crippen molar-refractivity contribution in [2.75, 3.05) is 31.6 Å². The molecule has 1 aliphatic rings. The monoisotopic (exact) mass is 235 g/mol. The molecule has 1 fully saturated rings. The first-order valence-corrected chi connectivity index (χ1v) is 5.68. The molecule has 0 atom stereocenters. The van der Waals surface area contributed by atoms with Crippen molar-refractivity contribution in [3.8, 4) is 0 Å². The predicted molar refractivity (Wildman–Crippen MR) is 54.9 cm³/mol. The molecule has 1 rings (SSSR count). The Hall–Kier alpha value is 0.400. The van der Waals surface area contributed by atoms with E-state index >= 15 is 0 Å². The van der Waals surface area contributed by atoms with Crippen LogP contribution in [0.5, 0.6) is 0 Å². The molecule has 0 aliphatic carbocycles. The van der Waals surface area contributed by atoms with E-state index < -0.39 is 0 Å². The van der Waals surface area contributed by atoms with Gasteiger partial charge in [-0.15, -0.1) is 0 Å². The Morgan fingerprint density at radius 2 is 2.25 bits per heavy atom. The van der Waals surface area contributed by atoms with Crippen LogP contribution < -0.4 is 0 Å². The van der Waals surface area contributed by atoms with Crippen molar-refractivity contribution in [1.82, 2.24) is 4.90 Å². The van der Waals surface area contributed by atoms with Crippen LogP contribution in [0.2, 0.25) is 0 Å². The third-order valence-electron chi connectivity index (χ3n) is 2.11. The minimum absolute atomic E-state index is 0.0601. The van der Waals surface area contributed by atoms with Crippen LogP contribution in [0.4, 0.5) is 0 Å². The van der Waals surface area contributed by atoms with Crippen molar-refractivity contribution >= 4 is 15.9 Å². The average molecular weight is 236 g/mol. The maximum absolute atomic E-state index is 5.62. The molecule has 0 spiro atoms. The maximum atomic E-state index is 5.62. The highest BCUT2D eigenvalue weighted by Gasteiger charge is 2.26. The first kappa shape index (κ1) is 10.5. The Morgan fingerprint density at radius 1 is 1.50 bits per heavy atom. The number of hydrogen-bond donors (Lipinski definition) is 0. The maximum Gasteiger partial charge on any atom is 0.0753 e. The Kier molecular flexibility index (Phi) is 4.00. The van der Waals surface area contributed by atoms with Gasteiger partial charge < -0.3 is 4.74 Å². The summed E-state index contributed by atoms with van der Waals surface area (Å²) in [6.45, 7) is 8.56. The molecule has 0 saturated carbocycles. The molecular weight excluding hydrogens is 218 g/mol. The summed E-state index contributed by atoms with van der Waals surface area (Å²) >= 11 is 3.45. The minimum atomic E-state index is 0.0601. The second-order valence-corrected chi connectivity index (χ2v) is 4.72. The molecule has 72 valence electrons. The SMILES string of the molecule is CC1(C)CN(CCCBr)CCO1. The third kappa shape index (κ3) is 3.42. The van der Waals surface area contributed by atoms with Crippen molar-refractivity contribution < 1.29 is 4.74 Å². The summed E-state index contributed by atoms with van der Waals surface area (Å²) in [4.78, 5) is 2.48. The van der Waals surface area contributed by atoms with Gasteiger partial charge in [0.1, 0.15) is 0 Å². The van der Waals surface area contributed by atoms with Crippen LogP contribution in [-0.4, -0.2) is 42.1 Å². The molecule has 0 aromatic rings. The van der Waals surface area contributed by atoms with Gasteiger partial charge in [0, 0.05) is 18.4 Å². The first-order valence-electron chi connectivity index (χ1n) is 4.56. The van der Waals surface area contributed by atoms with E-state index in [0.717, 1.165) is 25.0 Å². The van der Waals surface area contributed by atoms with E-state index in [-0.39, 0.29) is 5.60 Å². The molecule has 0 amide bonds. The van der Waals surface area contributed by atoms with E-state index in [0.29, 0.717) is 0 Å². The normalized spacial score (nSPS) is 24.2. The van der Waals surface area contributed by atoms with Gasteiger partial charge >= 0.3 is 0 Å². The molecule has 12 heavy (non-hydrogen) atoms. The Bertz CT molecular complexity index is 138. The Balaban J connectivity index is 2.26. The molecule has 0 aromatic carbocycles. The minimum Gasteiger partial charge on any atom is -0.373 e. The second-order valence-electron chi connectivity index (χ2n) is 3.93. The van der Waals surface area contributed by atoms with Crippen LogP contribution in [0, 0.1) is 0 Å². The number of halogens is 1. The fourth-order valence-electron chi connectivity index (χ4n) is 1.59. The van der Waals surface area contributed by atoms with Crippen LogP contribution in [-0.2, 0) is 4.74 Å². The van der Waals surface area contributed by atoms with Gasteiger partial charge in [-0.2, -0.15) is 0 Å². The lowest BCUT2D eigenvalue weighted by atomic mass is 10.1. The molecule has 1 aliphatic heterocycles. The number of morpholine rings is 1. The fraction of sp³-hybridized carbons (Fsp3) is 1.00. The van der Waals surface area contributed by atoms with E-state index in [4.69, 9.17) is 4.74 Å². The first-order chi connectivity index (χ1) is 5.64. The van der Waals surface area contributed by atoms with Crippen molar-refractivity contribution in [1.29, 1.82) is 0 Å². The van der Waals surface area contributed by atoms with Crippen LogP contribution in [0.25, 0.3) is 0 Å². The van der Waals surface area contributed by atoms with E-state index in [1.165, 1.54) is 13.0 Å². The molecule has 0 bridgehead atoms. The van der Waals surface area contributed by atoms with Crippen molar-refractivity contribution in [3.63, 3.8) is 0 Å². The van der Waals surface area contributed by atoms with Gasteiger partial charge in [-0.25, -0.2) is 0 Å². The largest absolute Gasteiger partial charge is 0.373 e. The molecule has 3 heteroatoms. The van der Waals surface area contributed by atoms with Crippen LogP contribution in [0.3, 0.4) is 0 Å². The average Bonchev–Trinajstić information content (AvgIpc) is 1.99. The predicted octanol–water partition coefficient (Wildman–Crippen LogP) is 1.88. The molecule has 0 unspecified atom stereocenters. The van der Waals surface area contributed by atoms with Gasteiger partial charge in [-0.1, -0.05) is 15.9 Å². The highest BCUT2D eigenvalue weighted by atomic mass is 79.9. The van der Waals surface area contributed by atoms with Gasteiger partial charge in [0.2, 0.25) is 0 Å². The zero-order valence-electron chi connectivity index (χ0n) is 7.98. The van der Waals surface area contributed by atoms with E-state index in [1.54, 1.807) is 0 Å². The summed E-state index contributed by atoms with van der Waals surface area (Å²) in [7, 11) is 0. The zero-order valence-corrected chi connectivity index (χ0v) is 9.56. The fourth-order valence-corrected chi connectivity index (χ4v) is 1.84. The van der Waals surface area contributed by atoms with Crippen LogP contribution in [0.15, 0.2) is 0 Å². The smallest absolute Gasteiger partial charge is 0.0753 e. The van der Waals surface area contributed by atoms with Crippen LogP contribution in [0.1, 0.15) is 20.3 Å². The number of ether oxygens (including phenoxy) is 1. The lowest BCUT2D eigenvalue weighted by molar-refractivity contribution is -0.0856. The lowest BCUT2D eigenvalue weighted by Crippen LogP contribution is -2.48. The molecule has 0 N–H and O–H groups in total. The second kappa shape index (κ2) is 4.58. The summed E-state index contributed by atoms with van der Waals surface area (Å²) in [6.07, 6.45) is 1.23. The standard InChI is InChI=1S/C9H18BrNO/c1-9(2)8-11(5-3-4-10)6-7-12-9/h3-8H2,1-2H3. The zero-order chi connectivity index (χ0) is 9.03. The Morgan fingerprint density at radius 3 is 2.83 bits per heavy atom. The number of hydrogen-bond acceptors (Lipinski definition) is 2. The molecule has 0 aromatic heterocycles. The summed E-state index contributed by atoms with van der Waals surface area (Å²) in [6, 6.07) is 0. The molecular formula is C9H18BrNO. The third-order valence-corrected chi connectivity index (χ3v) is 2.67. The summed E-state index contributed by atoms with van der Waals surface area (Å²) in [5.41, 5.74) is 0.0601. The van der Waals surface area contributed by atoms with Crippen molar-refractivity contribution in [3.05, 3.63) is 0 Å². The highest BCUT2D eigenvalue weighted by Crippen LogP contribution is 2.16. The van der Waals surface area contributed by atoms with Gasteiger partial charge in [0.15, 0.2) is 0 Å². The molecule has 1 saturated heterocycles. The van der Waals surface area contributed by atoms with Crippen molar-refractivity contribution in [2.24, 2.45) is 0 Å².